The van der Waals surface area contributed by atoms with Crippen LogP contribution < -0.4 is 25.4 Å². The van der Waals surface area contributed by atoms with E-state index >= 15 is 0 Å². The van der Waals surface area contributed by atoms with Crippen molar-refractivity contribution in [2.75, 3.05) is 14.2 Å². The maximum atomic E-state index is 13.4. The first-order valence-electron chi connectivity index (χ1n) is 10.9. The molecule has 0 radical (unpaired) electrons. The van der Waals surface area contributed by atoms with Gasteiger partial charge in [0, 0.05) is 26.4 Å². The smallest absolute Gasteiger partial charge is 0.420 e. The average Bonchev–Trinajstić information content (AvgIpc) is 3.62. The Labute approximate surface area is 200 Å². The predicted octanol–water partition coefficient (Wildman–Crippen LogP) is 3.30. The highest BCUT2D eigenvalue weighted by molar-refractivity contribution is 5.94. The van der Waals surface area contributed by atoms with Crippen LogP contribution in [0.4, 0.5) is 13.2 Å². The second-order valence-corrected chi connectivity index (χ2v) is 8.09. The SMILES string of the molecule is CNC(=O)CCC(=O)NC1(C(=O)NCc2ccc(Oc3ccc(OC)cc3C(F)(F)F)cc2)CC1. The van der Waals surface area contributed by atoms with Crippen molar-refractivity contribution in [3.05, 3.63) is 53.6 Å². The topological polar surface area (TPSA) is 106 Å². The highest BCUT2D eigenvalue weighted by Gasteiger charge is 2.50. The summed E-state index contributed by atoms with van der Waals surface area (Å²) in [6.45, 7) is 0.158. The molecule has 188 valence electrons. The van der Waals surface area contributed by atoms with Gasteiger partial charge in [0.1, 0.15) is 28.4 Å². The summed E-state index contributed by atoms with van der Waals surface area (Å²) in [5.74, 6) is -1.08. The van der Waals surface area contributed by atoms with Gasteiger partial charge in [-0.15, -0.1) is 0 Å². The van der Waals surface area contributed by atoms with Gasteiger partial charge in [-0.1, -0.05) is 12.1 Å². The third kappa shape index (κ3) is 6.87. The number of nitrogens with one attached hydrogen (secondary N) is 3. The van der Waals surface area contributed by atoms with Crippen LogP contribution in [0.1, 0.15) is 36.8 Å². The number of halogens is 3. The van der Waals surface area contributed by atoms with Gasteiger partial charge in [-0.2, -0.15) is 13.2 Å². The molecule has 2 aromatic rings. The number of hydrogen-bond donors (Lipinski definition) is 3. The number of carbonyl (C=O) groups excluding carboxylic acids is 3. The summed E-state index contributed by atoms with van der Waals surface area (Å²) < 4.78 is 50.4. The van der Waals surface area contributed by atoms with Crippen LogP contribution in [0.25, 0.3) is 0 Å². The molecule has 3 amide bonds. The third-order valence-corrected chi connectivity index (χ3v) is 5.52. The number of alkyl halides is 3. The van der Waals surface area contributed by atoms with Gasteiger partial charge in [0.2, 0.25) is 17.7 Å². The van der Waals surface area contributed by atoms with E-state index in [0.29, 0.717) is 18.4 Å². The van der Waals surface area contributed by atoms with Crippen molar-refractivity contribution in [2.45, 2.75) is 43.9 Å². The molecular weight excluding hydrogens is 467 g/mol. The van der Waals surface area contributed by atoms with Crippen LogP contribution in [-0.2, 0) is 27.1 Å². The Morgan fingerprint density at radius 3 is 2.17 bits per heavy atom. The molecule has 0 unspecified atom stereocenters. The van der Waals surface area contributed by atoms with Gasteiger partial charge in [0.05, 0.1) is 7.11 Å². The van der Waals surface area contributed by atoms with Crippen molar-refractivity contribution in [3.63, 3.8) is 0 Å². The van der Waals surface area contributed by atoms with E-state index in [9.17, 15) is 27.6 Å². The second kappa shape index (κ2) is 10.7. The Kier molecular flexibility index (Phi) is 7.88. The molecule has 0 saturated heterocycles. The number of carbonyl (C=O) groups is 3. The molecule has 1 saturated carbocycles. The quantitative estimate of drug-likeness (QED) is 0.471. The van der Waals surface area contributed by atoms with Gasteiger partial charge in [-0.25, -0.2) is 0 Å². The molecular formula is C24H26F3N3O5. The minimum absolute atomic E-state index is 0.0135. The summed E-state index contributed by atoms with van der Waals surface area (Å²) in [4.78, 5) is 35.9. The number of rotatable bonds is 10. The minimum Gasteiger partial charge on any atom is -0.497 e. The predicted molar refractivity (Wildman–Crippen MR) is 120 cm³/mol. The normalized spacial score (nSPS) is 14.0. The fourth-order valence-corrected chi connectivity index (χ4v) is 3.32. The Morgan fingerprint density at radius 1 is 0.971 bits per heavy atom. The molecule has 0 spiro atoms. The van der Waals surface area contributed by atoms with E-state index in [1.54, 1.807) is 12.1 Å². The van der Waals surface area contributed by atoms with Crippen molar-refractivity contribution < 1.29 is 37.0 Å². The van der Waals surface area contributed by atoms with Crippen molar-refractivity contribution in [1.29, 1.82) is 0 Å². The number of ether oxygens (including phenoxy) is 2. The monoisotopic (exact) mass is 493 g/mol. The standard InChI is InChI=1S/C24H26F3N3O5/c1-28-20(31)9-10-21(32)30-23(11-12-23)22(33)29-14-15-3-5-16(6-4-15)35-19-8-7-17(34-2)13-18(19)24(25,26)27/h3-8,13H,9-12,14H2,1-2H3,(H,28,31)(H,29,33)(H,30,32). The average molecular weight is 493 g/mol. The summed E-state index contributed by atoms with van der Waals surface area (Å²) in [6.07, 6.45) is -3.60. The zero-order valence-electron chi connectivity index (χ0n) is 19.3. The van der Waals surface area contributed by atoms with Crippen LogP contribution >= 0.6 is 0 Å². The summed E-state index contributed by atoms with van der Waals surface area (Å²) in [6, 6.07) is 9.66. The van der Waals surface area contributed by atoms with Crippen molar-refractivity contribution in [2.24, 2.45) is 0 Å². The Bertz CT molecular complexity index is 1080. The number of benzene rings is 2. The summed E-state index contributed by atoms with van der Waals surface area (Å²) in [5, 5.41) is 7.88. The highest BCUT2D eigenvalue weighted by Crippen LogP contribution is 2.40. The van der Waals surface area contributed by atoms with E-state index in [1.165, 1.54) is 38.4 Å². The van der Waals surface area contributed by atoms with E-state index in [2.05, 4.69) is 16.0 Å². The fourth-order valence-electron chi connectivity index (χ4n) is 3.32. The van der Waals surface area contributed by atoms with Gasteiger partial charge in [-0.05, 0) is 48.7 Å². The van der Waals surface area contributed by atoms with Crippen LogP contribution in [0.15, 0.2) is 42.5 Å². The first kappa shape index (κ1) is 25.9. The lowest BCUT2D eigenvalue weighted by Crippen LogP contribution is -2.48. The summed E-state index contributed by atoms with van der Waals surface area (Å²) >= 11 is 0. The zero-order valence-corrected chi connectivity index (χ0v) is 19.3. The summed E-state index contributed by atoms with van der Waals surface area (Å²) in [7, 11) is 2.76. The zero-order chi connectivity index (χ0) is 25.6. The van der Waals surface area contributed by atoms with Crippen molar-refractivity contribution >= 4 is 17.7 Å². The third-order valence-electron chi connectivity index (χ3n) is 5.52. The van der Waals surface area contributed by atoms with E-state index < -0.39 is 17.3 Å². The molecule has 1 fully saturated rings. The Hall–Kier alpha value is -3.76. The van der Waals surface area contributed by atoms with E-state index in [-0.39, 0.29) is 54.4 Å². The molecule has 8 nitrogen and oxygen atoms in total. The molecule has 0 heterocycles. The number of amides is 3. The van der Waals surface area contributed by atoms with E-state index in [1.807, 2.05) is 0 Å². The maximum Gasteiger partial charge on any atom is 0.420 e. The van der Waals surface area contributed by atoms with Gasteiger partial charge in [0.25, 0.3) is 0 Å². The van der Waals surface area contributed by atoms with Crippen LogP contribution in [0.5, 0.6) is 17.2 Å². The van der Waals surface area contributed by atoms with Crippen LogP contribution in [0, 0.1) is 0 Å². The summed E-state index contributed by atoms with van der Waals surface area (Å²) in [5.41, 5.74) is -1.23. The number of methoxy groups -OCH3 is 1. The molecule has 35 heavy (non-hydrogen) atoms. The molecule has 2 aromatic carbocycles. The first-order valence-corrected chi connectivity index (χ1v) is 10.9. The minimum atomic E-state index is -4.62. The molecule has 3 N–H and O–H groups in total. The highest BCUT2D eigenvalue weighted by atomic mass is 19.4. The van der Waals surface area contributed by atoms with Crippen LogP contribution in [0.3, 0.4) is 0 Å². The van der Waals surface area contributed by atoms with Crippen molar-refractivity contribution in [3.8, 4) is 17.2 Å². The largest absolute Gasteiger partial charge is 0.497 e. The van der Waals surface area contributed by atoms with E-state index in [0.717, 1.165) is 6.07 Å². The van der Waals surface area contributed by atoms with Gasteiger partial charge in [-0.3, -0.25) is 14.4 Å². The molecule has 3 rings (SSSR count). The fraction of sp³-hybridized carbons (Fsp3) is 0.375. The lowest BCUT2D eigenvalue weighted by Gasteiger charge is -2.17. The lowest BCUT2D eigenvalue weighted by molar-refractivity contribution is -0.138. The number of hydrogen-bond acceptors (Lipinski definition) is 5. The molecule has 0 aliphatic heterocycles. The van der Waals surface area contributed by atoms with Crippen LogP contribution in [-0.4, -0.2) is 37.4 Å². The maximum absolute atomic E-state index is 13.4. The van der Waals surface area contributed by atoms with Crippen LogP contribution in [0.2, 0.25) is 0 Å². The molecule has 0 aromatic heterocycles. The first-order chi connectivity index (χ1) is 16.6. The van der Waals surface area contributed by atoms with Gasteiger partial charge < -0.3 is 25.4 Å². The molecule has 1 aliphatic carbocycles. The van der Waals surface area contributed by atoms with Crippen molar-refractivity contribution in [1.82, 2.24) is 16.0 Å². The van der Waals surface area contributed by atoms with Gasteiger partial charge in [0.15, 0.2) is 0 Å². The molecule has 1 aliphatic rings. The Morgan fingerprint density at radius 2 is 1.60 bits per heavy atom. The lowest BCUT2D eigenvalue weighted by atomic mass is 10.1. The van der Waals surface area contributed by atoms with E-state index in [4.69, 9.17) is 9.47 Å². The van der Waals surface area contributed by atoms with Gasteiger partial charge >= 0.3 is 6.18 Å². The molecule has 11 heteroatoms. The molecule has 0 atom stereocenters. The Balaban J connectivity index is 1.55. The second-order valence-electron chi connectivity index (χ2n) is 8.09. The molecule has 0 bridgehead atoms.